The van der Waals surface area contributed by atoms with Crippen LogP contribution in [0.1, 0.15) is 5.56 Å². The number of amides is 1. The monoisotopic (exact) mass is 305 g/mol. The topological polar surface area (TPSA) is 93.4 Å². The zero-order valence-corrected chi connectivity index (χ0v) is 12.1. The molecule has 1 aromatic carbocycles. The van der Waals surface area contributed by atoms with Crippen molar-refractivity contribution < 1.29 is 14.7 Å². The normalized spacial score (nSPS) is 18.7. The molecule has 1 amide bonds. The Morgan fingerprint density at radius 3 is 2.76 bits per heavy atom. The largest absolute Gasteiger partial charge is 0.480 e. The van der Waals surface area contributed by atoms with Crippen LogP contribution in [-0.2, 0) is 9.59 Å². The Bertz CT molecular complexity index is 568. The average Bonchev–Trinajstić information content (AvgIpc) is 2.48. The van der Waals surface area contributed by atoms with Gasteiger partial charge in [-0.05, 0) is 24.3 Å². The Hall–Kier alpha value is -2.04. The van der Waals surface area contributed by atoms with E-state index in [0.29, 0.717) is 23.5 Å². The summed E-state index contributed by atoms with van der Waals surface area (Å²) in [5.74, 6) is 0.180. The lowest BCUT2D eigenvalue weighted by molar-refractivity contribution is -0.142. The maximum Gasteiger partial charge on any atom is 0.321 e. The zero-order valence-electron chi connectivity index (χ0n) is 11.3. The molecule has 1 aromatic rings. The number of nitriles is 1. The van der Waals surface area contributed by atoms with E-state index in [1.807, 2.05) is 6.07 Å². The van der Waals surface area contributed by atoms with Gasteiger partial charge >= 0.3 is 5.97 Å². The van der Waals surface area contributed by atoms with Crippen molar-refractivity contribution in [2.24, 2.45) is 0 Å². The molecule has 6 nitrogen and oxygen atoms in total. The molecule has 0 saturated carbocycles. The van der Waals surface area contributed by atoms with Crippen molar-refractivity contribution in [3.8, 4) is 6.07 Å². The Morgan fingerprint density at radius 2 is 2.14 bits per heavy atom. The van der Waals surface area contributed by atoms with Gasteiger partial charge in [0.1, 0.15) is 6.04 Å². The van der Waals surface area contributed by atoms with Crippen LogP contribution in [0.4, 0.5) is 5.69 Å². The number of nitrogens with zero attached hydrogens (tertiary/aromatic N) is 2. The first-order valence-electron chi connectivity index (χ1n) is 6.45. The molecule has 1 aliphatic heterocycles. The van der Waals surface area contributed by atoms with Gasteiger partial charge in [-0.1, -0.05) is 0 Å². The molecule has 0 aliphatic carbocycles. The number of aliphatic carboxylic acids is 1. The first-order chi connectivity index (χ1) is 10.1. The average molecular weight is 305 g/mol. The number of hydrogen-bond acceptors (Lipinski definition) is 5. The molecule has 21 heavy (non-hydrogen) atoms. The molecule has 0 spiro atoms. The molecular weight excluding hydrogens is 290 g/mol. The van der Waals surface area contributed by atoms with Gasteiger partial charge in [0.2, 0.25) is 5.91 Å². The maximum absolute atomic E-state index is 12.0. The van der Waals surface area contributed by atoms with E-state index in [4.69, 9.17) is 10.4 Å². The van der Waals surface area contributed by atoms with E-state index in [1.54, 1.807) is 40.9 Å². The summed E-state index contributed by atoms with van der Waals surface area (Å²) in [5.41, 5.74) is 1.12. The summed E-state index contributed by atoms with van der Waals surface area (Å²) in [5, 5.41) is 20.6. The SMILES string of the molecule is N#Cc1ccc(NC(=O)CN2CCSCC2C(=O)O)cc1. The summed E-state index contributed by atoms with van der Waals surface area (Å²) in [6, 6.07) is 7.92. The number of carboxylic acids is 1. The molecule has 1 atom stereocenters. The summed E-state index contributed by atoms with van der Waals surface area (Å²) in [6.07, 6.45) is 0. The highest BCUT2D eigenvalue weighted by Crippen LogP contribution is 2.17. The van der Waals surface area contributed by atoms with Crippen molar-refractivity contribution in [2.45, 2.75) is 6.04 Å². The van der Waals surface area contributed by atoms with Crippen LogP contribution in [0.15, 0.2) is 24.3 Å². The van der Waals surface area contributed by atoms with Gasteiger partial charge in [-0.3, -0.25) is 14.5 Å². The number of rotatable bonds is 4. The van der Waals surface area contributed by atoms with Crippen molar-refractivity contribution in [1.82, 2.24) is 4.90 Å². The van der Waals surface area contributed by atoms with Crippen LogP contribution < -0.4 is 5.32 Å². The highest BCUT2D eigenvalue weighted by atomic mass is 32.2. The highest BCUT2D eigenvalue weighted by molar-refractivity contribution is 7.99. The van der Waals surface area contributed by atoms with Crippen LogP contribution in [-0.4, -0.2) is 52.5 Å². The van der Waals surface area contributed by atoms with Gasteiger partial charge in [0, 0.05) is 23.7 Å². The maximum atomic E-state index is 12.0. The molecule has 1 saturated heterocycles. The second kappa shape index (κ2) is 7.11. The van der Waals surface area contributed by atoms with Gasteiger partial charge < -0.3 is 10.4 Å². The van der Waals surface area contributed by atoms with Gasteiger partial charge in [-0.15, -0.1) is 0 Å². The predicted octanol–water partition coefficient (Wildman–Crippen LogP) is 0.999. The molecule has 1 unspecified atom stereocenters. The molecular formula is C14H15N3O3S. The first kappa shape index (κ1) is 15.4. The smallest absolute Gasteiger partial charge is 0.321 e. The van der Waals surface area contributed by atoms with Crippen molar-refractivity contribution >= 4 is 29.3 Å². The van der Waals surface area contributed by atoms with Crippen molar-refractivity contribution in [3.05, 3.63) is 29.8 Å². The number of hydrogen-bond donors (Lipinski definition) is 2. The van der Waals surface area contributed by atoms with E-state index >= 15 is 0 Å². The molecule has 0 radical (unpaired) electrons. The molecule has 2 N–H and O–H groups in total. The predicted molar refractivity (Wildman–Crippen MR) is 80.1 cm³/mol. The van der Waals surface area contributed by atoms with E-state index < -0.39 is 12.0 Å². The number of carbonyl (C=O) groups excluding carboxylic acids is 1. The standard InChI is InChI=1S/C14H15N3O3S/c15-7-10-1-3-11(4-2-10)16-13(18)8-17-5-6-21-9-12(17)14(19)20/h1-4,12H,5-6,8-9H2,(H,16,18)(H,19,20). The molecule has 7 heteroatoms. The number of nitrogens with one attached hydrogen (secondary N) is 1. The minimum atomic E-state index is -0.895. The zero-order chi connectivity index (χ0) is 15.2. The van der Waals surface area contributed by atoms with Crippen molar-refractivity contribution in [1.29, 1.82) is 5.26 Å². The van der Waals surface area contributed by atoms with Crippen molar-refractivity contribution in [3.63, 3.8) is 0 Å². The fourth-order valence-electron chi connectivity index (χ4n) is 2.07. The third-order valence-corrected chi connectivity index (χ3v) is 4.19. The molecule has 110 valence electrons. The van der Waals surface area contributed by atoms with E-state index in [2.05, 4.69) is 5.32 Å². The lowest BCUT2D eigenvalue weighted by Gasteiger charge is -2.31. The van der Waals surface area contributed by atoms with Gasteiger partial charge in [0.05, 0.1) is 18.2 Å². The van der Waals surface area contributed by atoms with Crippen molar-refractivity contribution in [2.75, 3.05) is 29.9 Å². The Kier molecular flexibility index (Phi) is 5.20. The van der Waals surface area contributed by atoms with Crippen LogP contribution in [0.25, 0.3) is 0 Å². The minimum absolute atomic E-state index is 0.0531. The van der Waals surface area contributed by atoms with Gasteiger partial charge in [-0.2, -0.15) is 17.0 Å². The third-order valence-electron chi connectivity index (χ3n) is 3.17. The Balaban J connectivity index is 1.93. The fourth-order valence-corrected chi connectivity index (χ4v) is 3.17. The summed E-state index contributed by atoms with van der Waals surface area (Å²) in [7, 11) is 0. The molecule has 1 aliphatic rings. The summed E-state index contributed by atoms with van der Waals surface area (Å²) in [6.45, 7) is 0.639. The second-order valence-electron chi connectivity index (χ2n) is 4.64. The molecule has 1 fully saturated rings. The minimum Gasteiger partial charge on any atom is -0.480 e. The number of carbonyl (C=O) groups is 2. The van der Waals surface area contributed by atoms with Gasteiger partial charge in [-0.25, -0.2) is 0 Å². The molecule has 2 rings (SSSR count). The van der Waals surface area contributed by atoms with Gasteiger partial charge in [0.25, 0.3) is 0 Å². The van der Waals surface area contributed by atoms with Crippen LogP contribution in [0.3, 0.4) is 0 Å². The summed E-state index contributed by atoms with van der Waals surface area (Å²) >= 11 is 1.59. The molecule has 0 bridgehead atoms. The highest BCUT2D eigenvalue weighted by Gasteiger charge is 2.29. The van der Waals surface area contributed by atoms with Crippen LogP contribution in [0.5, 0.6) is 0 Å². The molecule has 1 heterocycles. The van der Waals surface area contributed by atoms with Gasteiger partial charge in [0.15, 0.2) is 0 Å². The second-order valence-corrected chi connectivity index (χ2v) is 5.79. The van der Waals surface area contributed by atoms with E-state index in [9.17, 15) is 9.59 Å². The van der Waals surface area contributed by atoms with E-state index in [-0.39, 0.29) is 12.5 Å². The third kappa shape index (κ3) is 4.21. The van der Waals surface area contributed by atoms with Crippen LogP contribution >= 0.6 is 11.8 Å². The Morgan fingerprint density at radius 1 is 1.43 bits per heavy atom. The quantitative estimate of drug-likeness (QED) is 0.862. The number of carboxylic acid groups (broad SMARTS) is 1. The fraction of sp³-hybridized carbons (Fsp3) is 0.357. The number of anilines is 1. The number of benzene rings is 1. The lowest BCUT2D eigenvalue weighted by atomic mass is 10.2. The summed E-state index contributed by atoms with van der Waals surface area (Å²) in [4.78, 5) is 24.8. The van der Waals surface area contributed by atoms with Crippen LogP contribution in [0, 0.1) is 11.3 Å². The summed E-state index contributed by atoms with van der Waals surface area (Å²) < 4.78 is 0. The Labute approximate surface area is 126 Å². The number of thioether (sulfide) groups is 1. The lowest BCUT2D eigenvalue weighted by Crippen LogP contribution is -2.50. The molecule has 0 aromatic heterocycles. The first-order valence-corrected chi connectivity index (χ1v) is 7.60. The van der Waals surface area contributed by atoms with E-state index in [1.165, 1.54) is 0 Å². The van der Waals surface area contributed by atoms with Crippen LogP contribution in [0.2, 0.25) is 0 Å². The van der Waals surface area contributed by atoms with E-state index in [0.717, 1.165) is 5.75 Å².